The molecule has 1 fully saturated rings. The Morgan fingerprint density at radius 1 is 0.968 bits per heavy atom. The topological polar surface area (TPSA) is 64.5 Å². The first kappa shape index (κ1) is 20.9. The molecule has 0 spiro atoms. The molecule has 3 aromatic rings. The van der Waals surface area contributed by atoms with Crippen LogP contribution in [-0.4, -0.2) is 33.6 Å². The van der Waals surface area contributed by atoms with E-state index >= 15 is 0 Å². The van der Waals surface area contributed by atoms with Gasteiger partial charge < -0.3 is 4.74 Å². The average molecular weight is 436 g/mol. The second kappa shape index (κ2) is 7.38. The Labute approximate surface area is 172 Å². The highest BCUT2D eigenvalue weighted by Gasteiger charge is 2.49. The lowest BCUT2D eigenvalue weighted by molar-refractivity contribution is -0.137. The molecule has 0 amide bonds. The zero-order chi connectivity index (χ0) is 22.5. The van der Waals surface area contributed by atoms with Crippen LogP contribution in [0.2, 0.25) is 0 Å². The number of hydrogen-bond acceptors (Lipinski definition) is 4. The van der Waals surface area contributed by atoms with Crippen LogP contribution in [0.4, 0.5) is 22.0 Å². The first-order chi connectivity index (χ1) is 14.6. The van der Waals surface area contributed by atoms with Crippen molar-refractivity contribution >= 4 is 11.6 Å². The van der Waals surface area contributed by atoms with E-state index in [0.29, 0.717) is 0 Å². The summed E-state index contributed by atoms with van der Waals surface area (Å²) in [6.45, 7) is 1.26. The molecule has 10 heteroatoms. The lowest BCUT2D eigenvalue weighted by atomic mass is 10.1. The van der Waals surface area contributed by atoms with Crippen LogP contribution in [-0.2, 0) is 15.7 Å². The standard InChI is InChI=1S/C21H13F5N2O3/c1-10(29)19-20(31-19)18(30)17-9-16(11-2-7-14(22)15(23)8-11)27-28(17)13-5-3-12(4-6-13)21(24,25)26/h2-9,19-20H,1H3. The molecule has 0 radical (unpaired) electrons. The highest BCUT2D eigenvalue weighted by Crippen LogP contribution is 2.32. The first-order valence-corrected chi connectivity index (χ1v) is 8.99. The van der Waals surface area contributed by atoms with Crippen LogP contribution in [0.1, 0.15) is 23.0 Å². The number of alkyl halides is 3. The van der Waals surface area contributed by atoms with Crippen molar-refractivity contribution in [2.75, 3.05) is 0 Å². The number of epoxide rings is 1. The Morgan fingerprint density at radius 3 is 2.19 bits per heavy atom. The van der Waals surface area contributed by atoms with Gasteiger partial charge in [0.05, 0.1) is 16.9 Å². The van der Waals surface area contributed by atoms with E-state index in [4.69, 9.17) is 4.74 Å². The van der Waals surface area contributed by atoms with Crippen molar-refractivity contribution in [2.24, 2.45) is 0 Å². The Balaban J connectivity index is 1.78. The lowest BCUT2D eigenvalue weighted by Gasteiger charge is -2.09. The fourth-order valence-electron chi connectivity index (χ4n) is 3.11. The maximum Gasteiger partial charge on any atom is 0.416 e. The Hall–Kier alpha value is -3.40. The van der Waals surface area contributed by atoms with E-state index in [0.717, 1.165) is 41.1 Å². The predicted molar refractivity (Wildman–Crippen MR) is 97.6 cm³/mol. The monoisotopic (exact) mass is 436 g/mol. The van der Waals surface area contributed by atoms with Gasteiger partial charge in [-0.15, -0.1) is 0 Å². The molecule has 1 aromatic heterocycles. The summed E-state index contributed by atoms with van der Waals surface area (Å²) in [4.78, 5) is 24.3. The van der Waals surface area contributed by atoms with Crippen molar-refractivity contribution in [1.29, 1.82) is 0 Å². The fourth-order valence-corrected chi connectivity index (χ4v) is 3.11. The molecule has 2 atom stereocenters. The van der Waals surface area contributed by atoms with Crippen LogP contribution in [0.25, 0.3) is 16.9 Å². The normalized spacial score (nSPS) is 18.1. The highest BCUT2D eigenvalue weighted by atomic mass is 19.4. The van der Waals surface area contributed by atoms with Crippen molar-refractivity contribution in [3.63, 3.8) is 0 Å². The summed E-state index contributed by atoms with van der Waals surface area (Å²) >= 11 is 0. The molecule has 0 N–H and O–H groups in total. The molecule has 1 aliphatic rings. The van der Waals surface area contributed by atoms with Gasteiger partial charge in [0, 0.05) is 5.56 Å². The van der Waals surface area contributed by atoms with Crippen LogP contribution in [0.3, 0.4) is 0 Å². The summed E-state index contributed by atoms with van der Waals surface area (Å²) in [6, 6.07) is 8.20. The van der Waals surface area contributed by atoms with Crippen LogP contribution in [0, 0.1) is 11.6 Å². The lowest BCUT2D eigenvalue weighted by Crippen LogP contribution is -2.18. The van der Waals surface area contributed by atoms with E-state index in [2.05, 4.69) is 5.10 Å². The van der Waals surface area contributed by atoms with E-state index in [9.17, 15) is 31.5 Å². The molecule has 2 aromatic carbocycles. The minimum atomic E-state index is -4.55. The Morgan fingerprint density at radius 2 is 1.65 bits per heavy atom. The quantitative estimate of drug-likeness (QED) is 0.338. The van der Waals surface area contributed by atoms with Crippen LogP contribution >= 0.6 is 0 Å². The second-order valence-electron chi connectivity index (χ2n) is 6.95. The van der Waals surface area contributed by atoms with Crippen LogP contribution < -0.4 is 0 Å². The maximum absolute atomic E-state index is 13.6. The number of ketones is 2. The van der Waals surface area contributed by atoms with Crippen molar-refractivity contribution in [2.45, 2.75) is 25.3 Å². The van der Waals surface area contributed by atoms with Crippen LogP contribution in [0.5, 0.6) is 0 Å². The molecular weight excluding hydrogens is 423 g/mol. The molecule has 5 nitrogen and oxygen atoms in total. The zero-order valence-electron chi connectivity index (χ0n) is 15.8. The van der Waals surface area contributed by atoms with Gasteiger partial charge >= 0.3 is 6.18 Å². The maximum atomic E-state index is 13.6. The second-order valence-corrected chi connectivity index (χ2v) is 6.95. The third-order valence-corrected chi connectivity index (χ3v) is 4.77. The number of carbonyl (C=O) groups excluding carboxylic acids is 2. The SMILES string of the molecule is CC(=O)C1OC1C(=O)c1cc(-c2ccc(F)c(F)c2)nn1-c1ccc(C(F)(F)F)cc1. The number of aromatic nitrogens is 2. The van der Waals surface area contributed by atoms with Gasteiger partial charge in [0.2, 0.25) is 5.78 Å². The van der Waals surface area contributed by atoms with Gasteiger partial charge in [-0.3, -0.25) is 9.59 Å². The summed E-state index contributed by atoms with van der Waals surface area (Å²) in [7, 11) is 0. The first-order valence-electron chi connectivity index (χ1n) is 8.99. The highest BCUT2D eigenvalue weighted by molar-refractivity contribution is 6.05. The summed E-state index contributed by atoms with van der Waals surface area (Å²) < 4.78 is 71.7. The molecule has 0 saturated carbocycles. The van der Waals surface area contributed by atoms with E-state index < -0.39 is 41.4 Å². The molecule has 31 heavy (non-hydrogen) atoms. The number of ether oxygens (including phenoxy) is 1. The molecule has 160 valence electrons. The minimum absolute atomic E-state index is 0.0757. The number of benzene rings is 2. The summed E-state index contributed by atoms with van der Waals surface area (Å²) in [5.74, 6) is -3.16. The number of nitrogens with zero attached hydrogens (tertiary/aromatic N) is 2. The van der Waals surface area contributed by atoms with Gasteiger partial charge in [-0.1, -0.05) is 0 Å². The molecule has 0 aliphatic carbocycles. The number of hydrogen-bond donors (Lipinski definition) is 0. The molecule has 1 saturated heterocycles. The molecule has 4 rings (SSSR count). The molecule has 2 heterocycles. The smallest absolute Gasteiger partial charge is 0.352 e. The Bertz CT molecular complexity index is 1180. The molecule has 0 bridgehead atoms. The minimum Gasteiger partial charge on any atom is -0.352 e. The number of rotatable bonds is 5. The van der Waals surface area contributed by atoms with Gasteiger partial charge in [0.25, 0.3) is 0 Å². The van der Waals surface area contributed by atoms with Gasteiger partial charge in [0.1, 0.15) is 5.69 Å². The molecule has 1 aliphatic heterocycles. The van der Waals surface area contributed by atoms with Crippen molar-refractivity contribution in [3.05, 3.63) is 71.4 Å². The van der Waals surface area contributed by atoms with E-state index in [1.165, 1.54) is 19.1 Å². The Kier molecular flexibility index (Phi) is 4.97. The number of carbonyl (C=O) groups is 2. The number of Topliss-reactive ketones (excluding diaryl/α,β-unsaturated/α-hetero) is 2. The average Bonchev–Trinajstić information content (AvgIpc) is 3.40. The van der Waals surface area contributed by atoms with Crippen molar-refractivity contribution in [1.82, 2.24) is 9.78 Å². The summed E-state index contributed by atoms with van der Waals surface area (Å²) in [5.41, 5.74) is -0.599. The fraction of sp³-hybridized carbons (Fsp3) is 0.190. The molecular formula is C21H13F5N2O3. The van der Waals surface area contributed by atoms with Crippen molar-refractivity contribution in [3.8, 4) is 16.9 Å². The number of halogens is 5. The van der Waals surface area contributed by atoms with Gasteiger partial charge in [-0.2, -0.15) is 18.3 Å². The molecule has 2 unspecified atom stereocenters. The van der Waals surface area contributed by atoms with E-state index in [1.54, 1.807) is 0 Å². The summed E-state index contributed by atoms with van der Waals surface area (Å²) in [5, 5.41) is 4.20. The van der Waals surface area contributed by atoms with E-state index in [-0.39, 0.29) is 28.4 Å². The van der Waals surface area contributed by atoms with Crippen LogP contribution in [0.15, 0.2) is 48.5 Å². The van der Waals surface area contributed by atoms with Gasteiger partial charge in [0.15, 0.2) is 29.6 Å². The zero-order valence-corrected chi connectivity index (χ0v) is 15.8. The third kappa shape index (κ3) is 3.98. The van der Waals surface area contributed by atoms with Gasteiger partial charge in [-0.05, 0) is 55.5 Å². The van der Waals surface area contributed by atoms with E-state index in [1.807, 2.05) is 0 Å². The van der Waals surface area contributed by atoms with Crippen molar-refractivity contribution < 1.29 is 36.3 Å². The largest absolute Gasteiger partial charge is 0.416 e. The summed E-state index contributed by atoms with van der Waals surface area (Å²) in [6.07, 6.45) is -6.50. The third-order valence-electron chi connectivity index (χ3n) is 4.77. The van der Waals surface area contributed by atoms with Gasteiger partial charge in [-0.25, -0.2) is 13.5 Å². The predicted octanol–water partition coefficient (Wildman–Crippen LogP) is 4.38.